The lowest BCUT2D eigenvalue weighted by Crippen LogP contribution is -2.43. The maximum absolute atomic E-state index is 13.2. The van der Waals surface area contributed by atoms with Gasteiger partial charge in [0.15, 0.2) is 5.78 Å². The maximum atomic E-state index is 13.2. The quantitative estimate of drug-likeness (QED) is 0.565. The van der Waals surface area contributed by atoms with E-state index in [4.69, 9.17) is 0 Å². The molecule has 1 amide bonds. The summed E-state index contributed by atoms with van der Waals surface area (Å²) in [5, 5.41) is 0. The zero-order chi connectivity index (χ0) is 21.6. The molecule has 0 aromatic heterocycles. The fourth-order valence-electron chi connectivity index (χ4n) is 4.96. The molecule has 1 atom stereocenters. The topological polar surface area (TPSA) is 40.6 Å². The zero-order valence-electron chi connectivity index (χ0n) is 19.0. The summed E-state index contributed by atoms with van der Waals surface area (Å²) in [6.45, 7) is 7.35. The molecule has 2 heterocycles. The third kappa shape index (κ3) is 5.99. The van der Waals surface area contributed by atoms with Crippen molar-refractivity contribution >= 4 is 24.1 Å². The highest BCUT2D eigenvalue weighted by Gasteiger charge is 2.28. The molecule has 0 aliphatic carbocycles. The Balaban J connectivity index is 0.00000289. The number of likely N-dealkylation sites (tertiary alicyclic amines) is 2. The van der Waals surface area contributed by atoms with Crippen LogP contribution in [0.1, 0.15) is 66.4 Å². The molecule has 2 aromatic carbocycles. The fraction of sp³-hybridized carbons (Fsp3) is 0.481. The SMILES string of the molecule is CC(C(=O)N1CCC(CN2CCCCC2)CC1)c1cccc(C(=O)c2ccccc2)c1.Cl. The van der Waals surface area contributed by atoms with E-state index in [9.17, 15) is 9.59 Å². The van der Waals surface area contributed by atoms with Gasteiger partial charge < -0.3 is 9.80 Å². The minimum Gasteiger partial charge on any atom is -0.342 e. The Morgan fingerprint density at radius 2 is 1.53 bits per heavy atom. The van der Waals surface area contributed by atoms with Gasteiger partial charge in [0.2, 0.25) is 5.91 Å². The van der Waals surface area contributed by atoms with Crippen LogP contribution in [0.25, 0.3) is 0 Å². The number of nitrogens with zero attached hydrogens (tertiary/aromatic N) is 2. The van der Waals surface area contributed by atoms with Crippen LogP contribution in [0.4, 0.5) is 0 Å². The van der Waals surface area contributed by atoms with Crippen LogP contribution in [-0.2, 0) is 4.79 Å². The van der Waals surface area contributed by atoms with Crippen molar-refractivity contribution in [2.45, 2.75) is 44.9 Å². The number of hydrogen-bond donors (Lipinski definition) is 0. The molecule has 0 bridgehead atoms. The number of carbonyl (C=O) groups excluding carboxylic acids is 2. The Bertz CT molecular complexity index is 888. The molecule has 5 heteroatoms. The van der Waals surface area contributed by atoms with Crippen LogP contribution in [0.5, 0.6) is 0 Å². The second-order valence-corrected chi connectivity index (χ2v) is 9.17. The maximum Gasteiger partial charge on any atom is 0.229 e. The minimum absolute atomic E-state index is 0. The van der Waals surface area contributed by atoms with E-state index in [1.807, 2.05) is 66.4 Å². The van der Waals surface area contributed by atoms with Gasteiger partial charge in [0.05, 0.1) is 5.92 Å². The first kappa shape index (κ1) is 24.5. The molecule has 2 aromatic rings. The number of halogens is 1. The first-order valence-electron chi connectivity index (χ1n) is 11.8. The van der Waals surface area contributed by atoms with Crippen LogP contribution in [-0.4, -0.2) is 54.2 Å². The van der Waals surface area contributed by atoms with E-state index in [2.05, 4.69) is 4.90 Å². The first-order chi connectivity index (χ1) is 15.1. The molecule has 0 spiro atoms. The molecule has 1 unspecified atom stereocenters. The number of piperidine rings is 2. The van der Waals surface area contributed by atoms with Gasteiger partial charge in [0.25, 0.3) is 0 Å². The molecule has 32 heavy (non-hydrogen) atoms. The molecule has 0 N–H and O–H groups in total. The summed E-state index contributed by atoms with van der Waals surface area (Å²) in [6, 6.07) is 16.9. The summed E-state index contributed by atoms with van der Waals surface area (Å²) in [6.07, 6.45) is 6.24. The summed E-state index contributed by atoms with van der Waals surface area (Å²) in [7, 11) is 0. The summed E-state index contributed by atoms with van der Waals surface area (Å²) in [5.41, 5.74) is 2.24. The third-order valence-electron chi connectivity index (χ3n) is 6.95. The van der Waals surface area contributed by atoms with Gasteiger partial charge in [0.1, 0.15) is 0 Å². The second kappa shape index (κ2) is 11.6. The number of amides is 1. The smallest absolute Gasteiger partial charge is 0.229 e. The van der Waals surface area contributed by atoms with E-state index in [0.717, 1.165) is 31.5 Å². The van der Waals surface area contributed by atoms with Crippen molar-refractivity contribution < 1.29 is 9.59 Å². The molecule has 2 aliphatic heterocycles. The lowest BCUT2D eigenvalue weighted by molar-refractivity contribution is -0.133. The number of rotatable bonds is 6. The Labute approximate surface area is 198 Å². The number of benzene rings is 2. The second-order valence-electron chi connectivity index (χ2n) is 9.17. The minimum atomic E-state index is -0.234. The van der Waals surface area contributed by atoms with Crippen molar-refractivity contribution in [2.24, 2.45) is 5.92 Å². The van der Waals surface area contributed by atoms with Crippen molar-refractivity contribution in [1.29, 1.82) is 0 Å². The first-order valence-corrected chi connectivity index (χ1v) is 11.8. The predicted octanol–water partition coefficient (Wildman–Crippen LogP) is 5.17. The van der Waals surface area contributed by atoms with Crippen LogP contribution >= 0.6 is 12.4 Å². The average molecular weight is 455 g/mol. The largest absolute Gasteiger partial charge is 0.342 e. The van der Waals surface area contributed by atoms with Crippen molar-refractivity contribution in [3.8, 4) is 0 Å². The highest BCUT2D eigenvalue weighted by atomic mass is 35.5. The van der Waals surface area contributed by atoms with Crippen molar-refractivity contribution in [3.05, 3.63) is 71.3 Å². The van der Waals surface area contributed by atoms with Crippen LogP contribution in [0.15, 0.2) is 54.6 Å². The van der Waals surface area contributed by atoms with E-state index < -0.39 is 0 Å². The number of hydrogen-bond acceptors (Lipinski definition) is 3. The molecule has 2 saturated heterocycles. The fourth-order valence-corrected chi connectivity index (χ4v) is 4.96. The predicted molar refractivity (Wildman–Crippen MR) is 132 cm³/mol. The standard InChI is InChI=1S/C27H34N2O2.ClH/c1-21(24-11-8-12-25(19-24)26(30)23-9-4-2-5-10-23)27(31)29-17-13-22(14-18-29)20-28-15-6-3-7-16-28;/h2,4-5,8-12,19,21-22H,3,6-7,13-18,20H2,1H3;1H. The van der Waals surface area contributed by atoms with Crippen molar-refractivity contribution in [2.75, 3.05) is 32.7 Å². The Kier molecular flexibility index (Phi) is 8.89. The van der Waals surface area contributed by atoms with E-state index in [1.54, 1.807) is 0 Å². The van der Waals surface area contributed by atoms with Gasteiger partial charge in [-0.25, -0.2) is 0 Å². The summed E-state index contributed by atoms with van der Waals surface area (Å²) in [5.74, 6) is 0.660. The van der Waals surface area contributed by atoms with Crippen LogP contribution < -0.4 is 0 Å². The van der Waals surface area contributed by atoms with Gasteiger partial charge in [-0.15, -0.1) is 12.4 Å². The van der Waals surface area contributed by atoms with Crippen molar-refractivity contribution in [1.82, 2.24) is 9.80 Å². The molecule has 0 saturated carbocycles. The third-order valence-corrected chi connectivity index (χ3v) is 6.95. The highest BCUT2D eigenvalue weighted by Crippen LogP contribution is 2.25. The van der Waals surface area contributed by atoms with Crippen molar-refractivity contribution in [3.63, 3.8) is 0 Å². The molecular weight excluding hydrogens is 420 g/mol. The highest BCUT2D eigenvalue weighted by molar-refractivity contribution is 6.09. The zero-order valence-corrected chi connectivity index (χ0v) is 19.9. The summed E-state index contributed by atoms with van der Waals surface area (Å²) < 4.78 is 0. The summed E-state index contributed by atoms with van der Waals surface area (Å²) in [4.78, 5) is 30.6. The van der Waals surface area contributed by atoms with Gasteiger partial charge in [-0.05, 0) is 63.2 Å². The van der Waals surface area contributed by atoms with E-state index in [-0.39, 0.29) is 30.0 Å². The normalized spacial score (nSPS) is 18.6. The van der Waals surface area contributed by atoms with Gasteiger partial charge in [-0.3, -0.25) is 9.59 Å². The van der Waals surface area contributed by atoms with E-state index >= 15 is 0 Å². The van der Waals surface area contributed by atoms with E-state index in [0.29, 0.717) is 17.0 Å². The number of carbonyl (C=O) groups is 2. The number of ketones is 1. The molecule has 4 rings (SSSR count). The van der Waals surface area contributed by atoms with Gasteiger partial charge in [0, 0.05) is 30.8 Å². The molecule has 2 fully saturated rings. The molecule has 0 radical (unpaired) electrons. The van der Waals surface area contributed by atoms with Gasteiger partial charge in [-0.1, -0.05) is 55.0 Å². The molecule has 4 nitrogen and oxygen atoms in total. The molecule has 172 valence electrons. The van der Waals surface area contributed by atoms with Crippen LogP contribution in [0, 0.1) is 5.92 Å². The molecular formula is C27H35ClN2O2. The van der Waals surface area contributed by atoms with E-state index in [1.165, 1.54) is 38.9 Å². The lowest BCUT2D eigenvalue weighted by atomic mass is 9.92. The average Bonchev–Trinajstić information content (AvgIpc) is 2.84. The van der Waals surface area contributed by atoms with Crippen LogP contribution in [0.2, 0.25) is 0 Å². The lowest BCUT2D eigenvalue weighted by Gasteiger charge is -2.37. The Morgan fingerprint density at radius 1 is 0.875 bits per heavy atom. The van der Waals surface area contributed by atoms with Gasteiger partial charge >= 0.3 is 0 Å². The molecule has 2 aliphatic rings. The summed E-state index contributed by atoms with van der Waals surface area (Å²) >= 11 is 0. The Morgan fingerprint density at radius 3 is 2.22 bits per heavy atom. The monoisotopic (exact) mass is 454 g/mol. The Hall–Kier alpha value is -2.17. The van der Waals surface area contributed by atoms with Crippen LogP contribution in [0.3, 0.4) is 0 Å². The van der Waals surface area contributed by atoms with Gasteiger partial charge in [-0.2, -0.15) is 0 Å².